The fraction of sp³-hybridized carbons (Fsp3) is 0.250. The summed E-state index contributed by atoms with van der Waals surface area (Å²) >= 11 is 0. The summed E-state index contributed by atoms with van der Waals surface area (Å²) in [6.45, 7) is 7.32. The van der Waals surface area contributed by atoms with Crippen LogP contribution in [0.3, 0.4) is 0 Å². The molecule has 1 aromatic rings. The molecule has 0 bridgehead atoms. The molecule has 0 radical (unpaired) electrons. The number of anilines is 1. The lowest BCUT2D eigenvalue weighted by atomic mass is 10.0. The van der Waals surface area contributed by atoms with Gasteiger partial charge in [0.1, 0.15) is 0 Å². The quantitative estimate of drug-likeness (QED) is 0.728. The number of rotatable bonds is 3. The van der Waals surface area contributed by atoms with Gasteiger partial charge >= 0.3 is 0 Å². The van der Waals surface area contributed by atoms with E-state index in [1.165, 1.54) is 12.5 Å². The fourth-order valence-corrected chi connectivity index (χ4v) is 1.21. The molecule has 0 spiro atoms. The van der Waals surface area contributed by atoms with E-state index in [9.17, 15) is 4.79 Å². The summed E-state index contributed by atoms with van der Waals surface area (Å²) in [5, 5.41) is 2.72. The third-order valence-corrected chi connectivity index (χ3v) is 2.11. The number of hydrogen-bond donors (Lipinski definition) is 1. The first-order chi connectivity index (χ1) is 6.63. The van der Waals surface area contributed by atoms with Crippen molar-refractivity contribution in [3.8, 4) is 0 Å². The van der Waals surface area contributed by atoms with Gasteiger partial charge in [0, 0.05) is 12.6 Å². The Morgan fingerprint density at radius 3 is 2.43 bits per heavy atom. The Balaban J connectivity index is 2.78. The molecule has 1 N–H and O–H groups in total. The van der Waals surface area contributed by atoms with E-state index in [1.54, 1.807) is 0 Å². The first kappa shape index (κ1) is 10.5. The van der Waals surface area contributed by atoms with Gasteiger partial charge < -0.3 is 5.32 Å². The van der Waals surface area contributed by atoms with Gasteiger partial charge in [-0.1, -0.05) is 25.1 Å². The monoisotopic (exact) mass is 189 g/mol. The summed E-state index contributed by atoms with van der Waals surface area (Å²) in [6.07, 6.45) is 1.90. The highest BCUT2D eigenvalue weighted by Gasteiger charge is 2.00. The van der Waals surface area contributed by atoms with Crippen LogP contribution in [-0.4, -0.2) is 5.91 Å². The minimum absolute atomic E-state index is 0.0467. The predicted octanol–water partition coefficient (Wildman–Crippen LogP) is 2.93. The van der Waals surface area contributed by atoms with E-state index in [-0.39, 0.29) is 5.91 Å². The summed E-state index contributed by atoms with van der Waals surface area (Å²) < 4.78 is 0. The van der Waals surface area contributed by atoms with Gasteiger partial charge in [-0.2, -0.15) is 0 Å². The van der Waals surface area contributed by atoms with Crippen LogP contribution in [-0.2, 0) is 4.79 Å². The average molecular weight is 189 g/mol. The van der Waals surface area contributed by atoms with Crippen LogP contribution in [0, 0.1) is 0 Å². The van der Waals surface area contributed by atoms with Crippen LogP contribution < -0.4 is 5.32 Å². The molecule has 74 valence electrons. The van der Waals surface area contributed by atoms with Crippen LogP contribution in [0.25, 0.3) is 0 Å². The molecule has 0 aliphatic rings. The zero-order chi connectivity index (χ0) is 10.6. The highest BCUT2D eigenvalue weighted by molar-refractivity contribution is 5.88. The summed E-state index contributed by atoms with van der Waals surface area (Å²) in [7, 11) is 0. The van der Waals surface area contributed by atoms with Crippen molar-refractivity contribution >= 4 is 11.6 Å². The van der Waals surface area contributed by atoms with E-state index in [0.29, 0.717) is 5.92 Å². The Morgan fingerprint density at radius 2 is 2.00 bits per heavy atom. The maximum atomic E-state index is 10.8. The minimum atomic E-state index is -0.0467. The molecule has 2 heteroatoms. The van der Waals surface area contributed by atoms with Crippen molar-refractivity contribution in [2.75, 3.05) is 5.32 Å². The summed E-state index contributed by atoms with van der Waals surface area (Å²) in [6, 6.07) is 7.79. The molecular formula is C12H15NO. The van der Waals surface area contributed by atoms with Gasteiger partial charge in [0.15, 0.2) is 0 Å². The lowest BCUT2D eigenvalue weighted by Gasteiger charge is -2.07. The fourth-order valence-electron chi connectivity index (χ4n) is 1.21. The molecular weight excluding hydrogens is 174 g/mol. The third kappa shape index (κ3) is 2.73. The van der Waals surface area contributed by atoms with E-state index in [4.69, 9.17) is 0 Å². The normalized spacial score (nSPS) is 11.9. The van der Waals surface area contributed by atoms with Crippen LogP contribution in [0.2, 0.25) is 0 Å². The SMILES string of the molecule is C=CC(C)c1ccc(NC(C)=O)cc1. The lowest BCUT2D eigenvalue weighted by Crippen LogP contribution is -2.05. The smallest absolute Gasteiger partial charge is 0.221 e. The molecule has 0 aliphatic carbocycles. The Morgan fingerprint density at radius 1 is 1.43 bits per heavy atom. The van der Waals surface area contributed by atoms with Crippen LogP contribution in [0.1, 0.15) is 25.3 Å². The molecule has 1 aromatic carbocycles. The van der Waals surface area contributed by atoms with Crippen molar-refractivity contribution in [2.45, 2.75) is 19.8 Å². The number of benzene rings is 1. The predicted molar refractivity (Wildman–Crippen MR) is 59.4 cm³/mol. The third-order valence-electron chi connectivity index (χ3n) is 2.11. The largest absolute Gasteiger partial charge is 0.326 e. The number of nitrogens with one attached hydrogen (secondary N) is 1. The second-order valence-corrected chi connectivity index (χ2v) is 3.33. The second kappa shape index (κ2) is 4.61. The summed E-state index contributed by atoms with van der Waals surface area (Å²) in [5.74, 6) is 0.302. The Kier molecular flexibility index (Phi) is 3.46. The summed E-state index contributed by atoms with van der Waals surface area (Å²) in [5.41, 5.74) is 2.03. The number of carbonyl (C=O) groups is 1. The minimum Gasteiger partial charge on any atom is -0.326 e. The summed E-state index contributed by atoms with van der Waals surface area (Å²) in [4.78, 5) is 10.8. The Labute approximate surface area is 84.6 Å². The van der Waals surface area contributed by atoms with Crippen molar-refractivity contribution in [3.63, 3.8) is 0 Å². The molecule has 0 saturated heterocycles. The molecule has 2 nitrogen and oxygen atoms in total. The first-order valence-electron chi connectivity index (χ1n) is 4.63. The highest BCUT2D eigenvalue weighted by atomic mass is 16.1. The van der Waals surface area contributed by atoms with Crippen molar-refractivity contribution in [1.82, 2.24) is 0 Å². The van der Waals surface area contributed by atoms with E-state index in [1.807, 2.05) is 30.3 Å². The molecule has 1 amide bonds. The van der Waals surface area contributed by atoms with Crippen LogP contribution in [0.4, 0.5) is 5.69 Å². The van der Waals surface area contributed by atoms with Gasteiger partial charge in [0.05, 0.1) is 0 Å². The molecule has 0 aliphatic heterocycles. The molecule has 0 saturated carbocycles. The number of hydrogen-bond acceptors (Lipinski definition) is 1. The molecule has 0 fully saturated rings. The van der Waals surface area contributed by atoms with Crippen molar-refractivity contribution in [1.29, 1.82) is 0 Å². The van der Waals surface area contributed by atoms with Crippen molar-refractivity contribution in [2.24, 2.45) is 0 Å². The van der Waals surface area contributed by atoms with Gasteiger partial charge in [-0.25, -0.2) is 0 Å². The second-order valence-electron chi connectivity index (χ2n) is 3.33. The van der Waals surface area contributed by atoms with Gasteiger partial charge in [-0.3, -0.25) is 4.79 Å². The lowest BCUT2D eigenvalue weighted by molar-refractivity contribution is -0.114. The molecule has 1 unspecified atom stereocenters. The van der Waals surface area contributed by atoms with Crippen LogP contribution in [0.15, 0.2) is 36.9 Å². The zero-order valence-electron chi connectivity index (χ0n) is 8.58. The first-order valence-corrected chi connectivity index (χ1v) is 4.63. The number of amides is 1. The topological polar surface area (TPSA) is 29.1 Å². The molecule has 1 rings (SSSR count). The molecule has 1 atom stereocenters. The number of carbonyl (C=O) groups excluding carboxylic acids is 1. The van der Waals surface area contributed by atoms with Crippen LogP contribution >= 0.6 is 0 Å². The van der Waals surface area contributed by atoms with Gasteiger partial charge in [0.25, 0.3) is 0 Å². The Bertz CT molecular complexity index is 327. The molecule has 14 heavy (non-hydrogen) atoms. The Hall–Kier alpha value is -1.57. The van der Waals surface area contributed by atoms with Gasteiger partial charge in [0.2, 0.25) is 5.91 Å². The van der Waals surface area contributed by atoms with E-state index < -0.39 is 0 Å². The van der Waals surface area contributed by atoms with Crippen LogP contribution in [0.5, 0.6) is 0 Å². The average Bonchev–Trinajstić information content (AvgIpc) is 2.17. The maximum Gasteiger partial charge on any atom is 0.221 e. The van der Waals surface area contributed by atoms with E-state index in [0.717, 1.165) is 5.69 Å². The van der Waals surface area contributed by atoms with E-state index >= 15 is 0 Å². The van der Waals surface area contributed by atoms with E-state index in [2.05, 4.69) is 18.8 Å². The molecule has 0 aromatic heterocycles. The van der Waals surface area contributed by atoms with Gasteiger partial charge in [-0.15, -0.1) is 6.58 Å². The highest BCUT2D eigenvalue weighted by Crippen LogP contribution is 2.18. The molecule has 0 heterocycles. The zero-order valence-corrected chi connectivity index (χ0v) is 8.58. The van der Waals surface area contributed by atoms with Gasteiger partial charge in [-0.05, 0) is 23.6 Å². The van der Waals surface area contributed by atoms with Crippen molar-refractivity contribution in [3.05, 3.63) is 42.5 Å². The maximum absolute atomic E-state index is 10.8. The standard InChI is InChI=1S/C12H15NO/c1-4-9(2)11-5-7-12(8-6-11)13-10(3)14/h4-9H,1H2,2-3H3,(H,13,14). The van der Waals surface area contributed by atoms with Crippen molar-refractivity contribution < 1.29 is 4.79 Å². The number of allylic oxidation sites excluding steroid dienone is 1.